The molecule has 0 unspecified atom stereocenters. The monoisotopic (exact) mass is 386 g/mol. The highest BCUT2D eigenvalue weighted by molar-refractivity contribution is 7.09. The van der Waals surface area contributed by atoms with Crippen LogP contribution >= 0.6 is 11.3 Å². The summed E-state index contributed by atoms with van der Waals surface area (Å²) in [6, 6.07) is 4.24. The number of anilines is 1. The average Bonchev–Trinajstić information content (AvgIpc) is 3.18. The molecule has 27 heavy (non-hydrogen) atoms. The molecule has 1 saturated heterocycles. The first-order valence-electron chi connectivity index (χ1n) is 9.74. The Labute approximate surface area is 166 Å². The molecule has 1 aliphatic heterocycles. The number of pyridine rings is 1. The summed E-state index contributed by atoms with van der Waals surface area (Å²) < 4.78 is 0. The molecule has 0 radical (unpaired) electrons. The molecule has 1 aliphatic rings. The minimum absolute atomic E-state index is 0.466. The topological polar surface area (TPSA) is 65.4 Å². The normalized spacial score (nSPS) is 15.3. The third kappa shape index (κ3) is 5.66. The molecule has 2 aromatic rings. The fourth-order valence-corrected chi connectivity index (χ4v) is 4.00. The van der Waals surface area contributed by atoms with Crippen LogP contribution in [0.15, 0.2) is 28.7 Å². The van der Waals surface area contributed by atoms with Gasteiger partial charge >= 0.3 is 0 Å². The first-order chi connectivity index (χ1) is 13.2. The molecule has 146 valence electrons. The van der Waals surface area contributed by atoms with E-state index in [-0.39, 0.29) is 0 Å². The van der Waals surface area contributed by atoms with E-state index in [1.807, 2.05) is 6.20 Å². The third-order valence-electron chi connectivity index (χ3n) is 4.74. The Morgan fingerprint density at radius 3 is 2.70 bits per heavy atom. The van der Waals surface area contributed by atoms with Gasteiger partial charge in [0.2, 0.25) is 0 Å². The number of thiazole rings is 1. The minimum Gasteiger partial charge on any atom is -0.357 e. The maximum absolute atomic E-state index is 4.66. The minimum atomic E-state index is 0.466. The van der Waals surface area contributed by atoms with Crippen molar-refractivity contribution in [2.24, 2.45) is 4.99 Å². The largest absolute Gasteiger partial charge is 0.357 e. The summed E-state index contributed by atoms with van der Waals surface area (Å²) in [6.07, 6.45) is 5.75. The van der Waals surface area contributed by atoms with Crippen molar-refractivity contribution >= 4 is 23.1 Å². The van der Waals surface area contributed by atoms with E-state index in [0.717, 1.165) is 42.1 Å². The number of guanidine groups is 1. The van der Waals surface area contributed by atoms with E-state index in [1.165, 1.54) is 24.8 Å². The Morgan fingerprint density at radius 2 is 2.00 bits per heavy atom. The molecule has 6 nitrogen and oxygen atoms in total. The van der Waals surface area contributed by atoms with Crippen LogP contribution in [0.4, 0.5) is 5.82 Å². The number of aromatic nitrogens is 2. The molecule has 0 bridgehead atoms. The van der Waals surface area contributed by atoms with Crippen molar-refractivity contribution in [2.75, 3.05) is 25.0 Å². The number of rotatable bonds is 6. The van der Waals surface area contributed by atoms with Gasteiger partial charge in [0.15, 0.2) is 5.96 Å². The molecule has 3 rings (SSSR count). The van der Waals surface area contributed by atoms with E-state index in [4.69, 9.17) is 0 Å². The summed E-state index contributed by atoms with van der Waals surface area (Å²) in [7, 11) is 1.79. The van der Waals surface area contributed by atoms with Crippen LogP contribution in [0.3, 0.4) is 0 Å². The summed E-state index contributed by atoms with van der Waals surface area (Å²) in [5.41, 5.74) is 2.37. The Hall–Kier alpha value is -2.15. The molecule has 0 spiro atoms. The molecule has 0 aromatic carbocycles. The second-order valence-electron chi connectivity index (χ2n) is 7.17. The quantitative estimate of drug-likeness (QED) is 0.587. The summed E-state index contributed by atoms with van der Waals surface area (Å²) in [4.78, 5) is 15.9. The van der Waals surface area contributed by atoms with E-state index < -0.39 is 0 Å². The summed E-state index contributed by atoms with van der Waals surface area (Å²) in [5, 5.41) is 9.95. The predicted molar refractivity (Wildman–Crippen MR) is 114 cm³/mol. The van der Waals surface area contributed by atoms with Gasteiger partial charge in [0.05, 0.1) is 12.2 Å². The number of hydrogen-bond donors (Lipinski definition) is 2. The van der Waals surface area contributed by atoms with Crippen molar-refractivity contribution in [2.45, 2.75) is 52.1 Å². The number of piperidine rings is 1. The SMILES string of the molecule is CN=C(NCc1ccnc(N2CCCCC2)c1)NCc1nc(C(C)C)cs1. The molecular formula is C20H30N6S. The molecule has 3 heterocycles. The highest BCUT2D eigenvalue weighted by Crippen LogP contribution is 2.19. The number of nitrogens with zero attached hydrogens (tertiary/aromatic N) is 4. The molecule has 0 amide bonds. The van der Waals surface area contributed by atoms with Gasteiger partial charge in [-0.3, -0.25) is 4.99 Å². The van der Waals surface area contributed by atoms with E-state index in [9.17, 15) is 0 Å². The summed E-state index contributed by atoms with van der Waals surface area (Å²) in [5.74, 6) is 2.34. The van der Waals surface area contributed by atoms with Crippen LogP contribution in [0.1, 0.15) is 55.3 Å². The van der Waals surface area contributed by atoms with Crippen molar-refractivity contribution in [1.82, 2.24) is 20.6 Å². The van der Waals surface area contributed by atoms with Crippen molar-refractivity contribution in [3.8, 4) is 0 Å². The fraction of sp³-hybridized carbons (Fsp3) is 0.550. The van der Waals surface area contributed by atoms with Crippen molar-refractivity contribution in [3.05, 3.63) is 40.0 Å². The molecular weight excluding hydrogens is 356 g/mol. The van der Waals surface area contributed by atoms with E-state index in [0.29, 0.717) is 12.5 Å². The molecule has 2 aromatic heterocycles. The van der Waals surface area contributed by atoms with Crippen molar-refractivity contribution < 1.29 is 0 Å². The van der Waals surface area contributed by atoms with Gasteiger partial charge in [-0.1, -0.05) is 13.8 Å². The Bertz CT molecular complexity index is 748. The molecule has 0 aliphatic carbocycles. The van der Waals surface area contributed by atoms with Gasteiger partial charge in [-0.25, -0.2) is 9.97 Å². The van der Waals surface area contributed by atoms with Gasteiger partial charge in [-0.05, 0) is 42.9 Å². The van der Waals surface area contributed by atoms with Gasteiger partial charge in [-0.15, -0.1) is 11.3 Å². The van der Waals surface area contributed by atoms with Gasteiger partial charge in [0.1, 0.15) is 10.8 Å². The lowest BCUT2D eigenvalue weighted by Crippen LogP contribution is -2.36. The van der Waals surface area contributed by atoms with E-state index in [2.05, 4.69) is 61.9 Å². The Morgan fingerprint density at radius 1 is 1.22 bits per heavy atom. The van der Waals surface area contributed by atoms with Crippen molar-refractivity contribution in [1.29, 1.82) is 0 Å². The first-order valence-corrected chi connectivity index (χ1v) is 10.6. The van der Waals surface area contributed by atoms with Gasteiger partial charge in [0.25, 0.3) is 0 Å². The molecule has 7 heteroatoms. The van der Waals surface area contributed by atoms with Gasteiger partial charge < -0.3 is 15.5 Å². The number of nitrogens with one attached hydrogen (secondary N) is 2. The zero-order chi connectivity index (χ0) is 19.1. The van der Waals surface area contributed by atoms with Crippen LogP contribution in [0.2, 0.25) is 0 Å². The van der Waals surface area contributed by atoms with Crippen LogP contribution in [0.25, 0.3) is 0 Å². The number of aliphatic imine (C=N–C) groups is 1. The predicted octanol–water partition coefficient (Wildman–Crippen LogP) is 3.52. The standard InChI is InChI=1S/C20H30N6S/c1-15(2)17-14-27-19(25-17)13-24-20(21-3)23-12-16-7-8-22-18(11-16)26-9-5-4-6-10-26/h7-8,11,14-15H,4-6,9-10,12-13H2,1-3H3,(H2,21,23,24). The van der Waals surface area contributed by atoms with Crippen LogP contribution in [0.5, 0.6) is 0 Å². The lowest BCUT2D eigenvalue weighted by atomic mass is 10.1. The van der Waals surface area contributed by atoms with Gasteiger partial charge in [-0.2, -0.15) is 0 Å². The molecule has 2 N–H and O–H groups in total. The smallest absolute Gasteiger partial charge is 0.191 e. The van der Waals surface area contributed by atoms with Crippen LogP contribution in [0, 0.1) is 0 Å². The van der Waals surface area contributed by atoms with Crippen LogP contribution in [-0.2, 0) is 13.1 Å². The van der Waals surface area contributed by atoms with E-state index in [1.54, 1.807) is 18.4 Å². The number of hydrogen-bond acceptors (Lipinski definition) is 5. The third-order valence-corrected chi connectivity index (χ3v) is 5.61. The molecule has 0 saturated carbocycles. The Balaban J connectivity index is 1.51. The zero-order valence-electron chi connectivity index (χ0n) is 16.5. The van der Waals surface area contributed by atoms with Crippen LogP contribution in [-0.4, -0.2) is 36.1 Å². The fourth-order valence-electron chi connectivity index (χ4n) is 3.10. The van der Waals surface area contributed by atoms with Crippen LogP contribution < -0.4 is 15.5 Å². The molecule has 0 atom stereocenters. The zero-order valence-corrected chi connectivity index (χ0v) is 17.4. The molecule has 1 fully saturated rings. The van der Waals surface area contributed by atoms with Crippen molar-refractivity contribution in [3.63, 3.8) is 0 Å². The first kappa shape index (κ1) is 19.6. The van der Waals surface area contributed by atoms with Gasteiger partial charge in [0, 0.05) is 38.3 Å². The maximum atomic E-state index is 4.66. The Kier molecular flexibility index (Phi) is 7.04. The average molecular weight is 387 g/mol. The highest BCUT2D eigenvalue weighted by Gasteiger charge is 2.12. The lowest BCUT2D eigenvalue weighted by Gasteiger charge is -2.28. The highest BCUT2D eigenvalue weighted by atomic mass is 32.1. The lowest BCUT2D eigenvalue weighted by molar-refractivity contribution is 0.573. The summed E-state index contributed by atoms with van der Waals surface area (Å²) in [6.45, 7) is 7.96. The second kappa shape index (κ2) is 9.69. The maximum Gasteiger partial charge on any atom is 0.191 e. The van der Waals surface area contributed by atoms with E-state index >= 15 is 0 Å². The summed E-state index contributed by atoms with van der Waals surface area (Å²) >= 11 is 1.69. The second-order valence-corrected chi connectivity index (χ2v) is 8.11.